The number of rotatable bonds is 7. The van der Waals surface area contributed by atoms with E-state index in [0.29, 0.717) is 11.8 Å². The van der Waals surface area contributed by atoms with Crippen LogP contribution in [0.5, 0.6) is 0 Å². The van der Waals surface area contributed by atoms with Crippen molar-refractivity contribution < 1.29 is 9.90 Å². The van der Waals surface area contributed by atoms with E-state index in [1.54, 1.807) is 0 Å². The molecule has 1 N–H and O–H groups in total. The van der Waals surface area contributed by atoms with Crippen molar-refractivity contribution in [2.45, 2.75) is 52.4 Å². The summed E-state index contributed by atoms with van der Waals surface area (Å²) in [5.74, 6) is 0.839. The summed E-state index contributed by atoms with van der Waals surface area (Å²) < 4.78 is 0. The van der Waals surface area contributed by atoms with Crippen LogP contribution in [0.2, 0.25) is 0 Å². The van der Waals surface area contributed by atoms with Gasteiger partial charge in [0.2, 0.25) is 5.91 Å². The smallest absolute Gasteiger partial charge is 0.225 e. The molecule has 1 heterocycles. The van der Waals surface area contributed by atoms with Gasteiger partial charge >= 0.3 is 0 Å². The van der Waals surface area contributed by atoms with Crippen LogP contribution < -0.4 is 0 Å². The number of unbranched alkanes of at least 4 members (excludes halogenated alkanes) is 2. The Morgan fingerprint density at radius 1 is 1.41 bits per heavy atom. The predicted octanol–water partition coefficient (Wildman–Crippen LogP) is 2.43. The number of nitrogens with zero attached hydrogens (tertiary/aromatic N) is 1. The van der Waals surface area contributed by atoms with Crippen LogP contribution in [-0.4, -0.2) is 35.6 Å². The van der Waals surface area contributed by atoms with Crippen molar-refractivity contribution >= 4 is 5.91 Å². The summed E-state index contributed by atoms with van der Waals surface area (Å²) in [6, 6.07) is 0. The lowest BCUT2D eigenvalue weighted by atomic mass is 9.97. The summed E-state index contributed by atoms with van der Waals surface area (Å²) in [4.78, 5) is 14.2. The Hall–Kier alpha value is -0.570. The van der Waals surface area contributed by atoms with Crippen LogP contribution in [0.25, 0.3) is 0 Å². The largest absolute Gasteiger partial charge is 0.396 e. The average molecular weight is 241 g/mol. The number of hydrogen-bond acceptors (Lipinski definition) is 2. The monoisotopic (exact) mass is 241 g/mol. The molecular weight excluding hydrogens is 214 g/mol. The number of carbonyl (C=O) groups is 1. The van der Waals surface area contributed by atoms with E-state index in [4.69, 9.17) is 5.11 Å². The van der Waals surface area contributed by atoms with Gasteiger partial charge in [0, 0.05) is 31.5 Å². The topological polar surface area (TPSA) is 40.5 Å². The fourth-order valence-electron chi connectivity index (χ4n) is 2.58. The Balaban J connectivity index is 2.38. The predicted molar refractivity (Wildman–Crippen MR) is 69.7 cm³/mol. The molecule has 0 aliphatic carbocycles. The highest BCUT2D eigenvalue weighted by Crippen LogP contribution is 2.22. The Labute approximate surface area is 105 Å². The van der Waals surface area contributed by atoms with Crippen molar-refractivity contribution in [3.05, 3.63) is 0 Å². The zero-order valence-electron chi connectivity index (χ0n) is 11.3. The van der Waals surface area contributed by atoms with Gasteiger partial charge < -0.3 is 10.0 Å². The number of likely N-dealkylation sites (tertiary alicyclic amines) is 1. The highest BCUT2D eigenvalue weighted by molar-refractivity contribution is 5.79. The maximum Gasteiger partial charge on any atom is 0.225 e. The molecule has 0 aromatic carbocycles. The van der Waals surface area contributed by atoms with Crippen molar-refractivity contribution in [1.29, 1.82) is 0 Å². The van der Waals surface area contributed by atoms with E-state index in [2.05, 4.69) is 13.8 Å². The van der Waals surface area contributed by atoms with Crippen LogP contribution in [0.15, 0.2) is 0 Å². The molecular formula is C14H27NO2. The van der Waals surface area contributed by atoms with E-state index in [1.807, 2.05) is 4.90 Å². The normalized spacial score (nSPS) is 21.8. The highest BCUT2D eigenvalue weighted by Gasteiger charge is 2.29. The molecule has 0 aromatic rings. The van der Waals surface area contributed by atoms with Crippen molar-refractivity contribution in [3.63, 3.8) is 0 Å². The second-order valence-corrected chi connectivity index (χ2v) is 5.22. The quantitative estimate of drug-likeness (QED) is 0.695. The molecule has 1 amide bonds. The van der Waals surface area contributed by atoms with Crippen molar-refractivity contribution in [2.24, 2.45) is 11.8 Å². The minimum Gasteiger partial charge on any atom is -0.396 e. The van der Waals surface area contributed by atoms with Crippen molar-refractivity contribution in [1.82, 2.24) is 4.90 Å². The summed E-state index contributed by atoms with van der Waals surface area (Å²) >= 11 is 0. The van der Waals surface area contributed by atoms with Gasteiger partial charge in [0.15, 0.2) is 0 Å². The van der Waals surface area contributed by atoms with E-state index in [0.717, 1.165) is 38.8 Å². The molecule has 1 aliphatic rings. The summed E-state index contributed by atoms with van der Waals surface area (Å²) in [6.45, 7) is 6.12. The Morgan fingerprint density at radius 2 is 2.18 bits per heavy atom. The first-order valence-corrected chi connectivity index (χ1v) is 7.12. The first kappa shape index (κ1) is 14.5. The van der Waals surface area contributed by atoms with Gasteiger partial charge in [-0.05, 0) is 19.3 Å². The van der Waals surface area contributed by atoms with Gasteiger partial charge in [-0.3, -0.25) is 4.79 Å². The third kappa shape index (κ3) is 4.30. The molecule has 0 spiro atoms. The third-order valence-corrected chi connectivity index (χ3v) is 3.85. The first-order chi connectivity index (χ1) is 8.22. The van der Waals surface area contributed by atoms with Crippen LogP contribution >= 0.6 is 0 Å². The van der Waals surface area contributed by atoms with Gasteiger partial charge in [0.05, 0.1) is 0 Å². The van der Waals surface area contributed by atoms with E-state index in [1.165, 1.54) is 12.8 Å². The van der Waals surface area contributed by atoms with Gasteiger partial charge in [-0.25, -0.2) is 0 Å². The molecule has 0 aromatic heterocycles. The first-order valence-electron chi connectivity index (χ1n) is 7.12. The minimum absolute atomic E-state index is 0.207. The SMILES string of the molecule is CCCCCC(CC)C(=O)N1CCC(CO)C1. The van der Waals surface area contributed by atoms with Gasteiger partial charge in [0.25, 0.3) is 0 Å². The molecule has 0 bridgehead atoms. The zero-order valence-corrected chi connectivity index (χ0v) is 11.3. The minimum atomic E-state index is 0.207. The fourth-order valence-corrected chi connectivity index (χ4v) is 2.58. The Bertz CT molecular complexity index is 230. The van der Waals surface area contributed by atoms with Crippen LogP contribution in [0.4, 0.5) is 0 Å². The van der Waals surface area contributed by atoms with Crippen LogP contribution in [0.3, 0.4) is 0 Å². The van der Waals surface area contributed by atoms with Crippen LogP contribution in [-0.2, 0) is 4.79 Å². The average Bonchev–Trinajstić information content (AvgIpc) is 2.82. The maximum absolute atomic E-state index is 12.3. The lowest BCUT2D eigenvalue weighted by Gasteiger charge is -2.22. The molecule has 1 saturated heterocycles. The van der Waals surface area contributed by atoms with Crippen LogP contribution in [0, 0.1) is 11.8 Å². The second kappa shape index (κ2) is 7.70. The summed E-state index contributed by atoms with van der Waals surface area (Å²) in [6.07, 6.45) is 6.54. The molecule has 1 rings (SSSR count). The number of aliphatic hydroxyl groups excluding tert-OH is 1. The maximum atomic E-state index is 12.3. The number of amides is 1. The van der Waals surface area contributed by atoms with Gasteiger partial charge in [-0.2, -0.15) is 0 Å². The molecule has 0 saturated carbocycles. The van der Waals surface area contributed by atoms with Crippen molar-refractivity contribution in [2.75, 3.05) is 19.7 Å². The zero-order chi connectivity index (χ0) is 12.7. The summed E-state index contributed by atoms with van der Waals surface area (Å²) in [5.41, 5.74) is 0. The second-order valence-electron chi connectivity index (χ2n) is 5.22. The molecule has 1 aliphatic heterocycles. The lowest BCUT2D eigenvalue weighted by Crippen LogP contribution is -2.34. The fraction of sp³-hybridized carbons (Fsp3) is 0.929. The van der Waals surface area contributed by atoms with Gasteiger partial charge in [0.1, 0.15) is 0 Å². The Morgan fingerprint density at radius 3 is 2.71 bits per heavy atom. The molecule has 2 atom stereocenters. The third-order valence-electron chi connectivity index (χ3n) is 3.85. The molecule has 2 unspecified atom stereocenters. The molecule has 0 radical (unpaired) electrons. The molecule has 17 heavy (non-hydrogen) atoms. The van der Waals surface area contributed by atoms with Crippen LogP contribution in [0.1, 0.15) is 52.4 Å². The van der Waals surface area contributed by atoms with E-state index in [9.17, 15) is 4.79 Å². The summed E-state index contributed by atoms with van der Waals surface area (Å²) in [7, 11) is 0. The molecule has 3 heteroatoms. The van der Waals surface area contributed by atoms with E-state index >= 15 is 0 Å². The highest BCUT2D eigenvalue weighted by atomic mass is 16.3. The standard InChI is InChI=1S/C14H27NO2/c1-3-5-6-7-13(4-2)14(17)15-9-8-12(10-15)11-16/h12-13,16H,3-11H2,1-2H3. The van der Waals surface area contributed by atoms with Gasteiger partial charge in [-0.15, -0.1) is 0 Å². The Kier molecular flexibility index (Phi) is 6.56. The summed E-state index contributed by atoms with van der Waals surface area (Å²) in [5, 5.41) is 9.10. The van der Waals surface area contributed by atoms with Gasteiger partial charge in [-0.1, -0.05) is 33.1 Å². The molecule has 100 valence electrons. The number of aliphatic hydroxyl groups is 1. The molecule has 3 nitrogen and oxygen atoms in total. The van der Waals surface area contributed by atoms with E-state index < -0.39 is 0 Å². The van der Waals surface area contributed by atoms with E-state index in [-0.39, 0.29) is 12.5 Å². The molecule has 1 fully saturated rings. The van der Waals surface area contributed by atoms with Crippen molar-refractivity contribution in [3.8, 4) is 0 Å². The number of hydrogen-bond donors (Lipinski definition) is 1. The lowest BCUT2D eigenvalue weighted by molar-refractivity contribution is -0.135. The number of carbonyl (C=O) groups excluding carboxylic acids is 1.